The van der Waals surface area contributed by atoms with Crippen molar-refractivity contribution >= 4 is 5.91 Å². The topological polar surface area (TPSA) is 62.1 Å². The van der Waals surface area contributed by atoms with Gasteiger partial charge in [0.15, 0.2) is 0 Å². The van der Waals surface area contributed by atoms with Crippen molar-refractivity contribution in [2.45, 2.75) is 13.0 Å². The van der Waals surface area contributed by atoms with Gasteiger partial charge >= 0.3 is 0 Å². The van der Waals surface area contributed by atoms with Crippen molar-refractivity contribution in [1.29, 1.82) is 5.26 Å². The number of hydrogen-bond donors (Lipinski definition) is 1. The van der Waals surface area contributed by atoms with Crippen LogP contribution in [-0.4, -0.2) is 13.0 Å². The zero-order valence-corrected chi connectivity index (χ0v) is 11.8. The van der Waals surface area contributed by atoms with Crippen LogP contribution in [-0.2, 0) is 17.8 Å². The van der Waals surface area contributed by atoms with Crippen LogP contribution in [0, 0.1) is 11.3 Å². The number of nitriles is 1. The van der Waals surface area contributed by atoms with Gasteiger partial charge in [-0.25, -0.2) is 0 Å². The first-order valence-corrected chi connectivity index (χ1v) is 6.60. The summed E-state index contributed by atoms with van der Waals surface area (Å²) in [6, 6.07) is 16.7. The van der Waals surface area contributed by atoms with E-state index in [4.69, 9.17) is 10.00 Å². The van der Waals surface area contributed by atoms with Gasteiger partial charge in [-0.15, -0.1) is 0 Å². The number of benzene rings is 2. The molecule has 2 rings (SSSR count). The minimum atomic E-state index is -0.0485. The van der Waals surface area contributed by atoms with Crippen LogP contribution in [0.3, 0.4) is 0 Å². The monoisotopic (exact) mass is 280 g/mol. The molecular weight excluding hydrogens is 264 g/mol. The van der Waals surface area contributed by atoms with E-state index in [9.17, 15) is 4.79 Å². The van der Waals surface area contributed by atoms with Gasteiger partial charge < -0.3 is 10.1 Å². The average molecular weight is 280 g/mol. The molecule has 4 heteroatoms. The molecule has 0 aliphatic carbocycles. The van der Waals surface area contributed by atoms with Crippen molar-refractivity contribution in [2.24, 2.45) is 0 Å². The van der Waals surface area contributed by atoms with Crippen LogP contribution in [0.25, 0.3) is 0 Å². The second kappa shape index (κ2) is 7.11. The third-order valence-electron chi connectivity index (χ3n) is 3.07. The third-order valence-corrected chi connectivity index (χ3v) is 3.07. The first kappa shape index (κ1) is 14.6. The highest BCUT2D eigenvalue weighted by molar-refractivity contribution is 5.78. The van der Waals surface area contributed by atoms with E-state index in [1.54, 1.807) is 19.2 Å². The van der Waals surface area contributed by atoms with Gasteiger partial charge in [0.05, 0.1) is 25.2 Å². The van der Waals surface area contributed by atoms with E-state index in [0.717, 1.165) is 16.9 Å². The summed E-state index contributed by atoms with van der Waals surface area (Å²) in [7, 11) is 1.60. The van der Waals surface area contributed by atoms with Gasteiger partial charge in [-0.05, 0) is 35.4 Å². The van der Waals surface area contributed by atoms with Gasteiger partial charge in [0.1, 0.15) is 5.75 Å². The van der Waals surface area contributed by atoms with Crippen LogP contribution in [0.4, 0.5) is 0 Å². The molecule has 0 aliphatic heterocycles. The summed E-state index contributed by atoms with van der Waals surface area (Å²) in [4.78, 5) is 11.9. The predicted molar refractivity (Wildman–Crippen MR) is 79.7 cm³/mol. The molecule has 0 heterocycles. The number of methoxy groups -OCH3 is 1. The Hall–Kier alpha value is -2.80. The summed E-state index contributed by atoms with van der Waals surface area (Å²) in [6.45, 7) is 0.453. The molecule has 0 unspecified atom stereocenters. The summed E-state index contributed by atoms with van der Waals surface area (Å²) < 4.78 is 5.13. The summed E-state index contributed by atoms with van der Waals surface area (Å²) in [5.41, 5.74) is 2.49. The molecule has 0 bridgehead atoms. The molecule has 0 aliphatic rings. The van der Waals surface area contributed by atoms with Gasteiger partial charge in [0, 0.05) is 6.54 Å². The normalized spacial score (nSPS) is 9.71. The maximum Gasteiger partial charge on any atom is 0.224 e. The van der Waals surface area contributed by atoms with Crippen LogP contribution in [0.15, 0.2) is 48.5 Å². The van der Waals surface area contributed by atoms with Crippen molar-refractivity contribution in [2.75, 3.05) is 7.11 Å². The molecule has 0 saturated carbocycles. The lowest BCUT2D eigenvalue weighted by Crippen LogP contribution is -2.24. The molecule has 2 aromatic carbocycles. The number of carbonyl (C=O) groups is 1. The molecular formula is C17H16N2O2. The standard InChI is InChI=1S/C17H16N2O2/c1-21-16-4-2-3-15(9-16)10-17(20)19-12-14-7-5-13(11-18)6-8-14/h2-9H,10,12H2,1H3,(H,19,20). The first-order valence-electron chi connectivity index (χ1n) is 6.60. The third kappa shape index (κ3) is 4.36. The predicted octanol–water partition coefficient (Wildman–Crippen LogP) is 2.43. The van der Waals surface area contributed by atoms with Gasteiger partial charge in [-0.3, -0.25) is 4.79 Å². The van der Waals surface area contributed by atoms with Crippen LogP contribution in [0.2, 0.25) is 0 Å². The van der Waals surface area contributed by atoms with Crippen molar-refractivity contribution in [1.82, 2.24) is 5.32 Å². The number of nitrogens with one attached hydrogen (secondary N) is 1. The molecule has 0 aromatic heterocycles. The minimum Gasteiger partial charge on any atom is -0.497 e. The smallest absolute Gasteiger partial charge is 0.224 e. The van der Waals surface area contributed by atoms with E-state index in [1.807, 2.05) is 36.4 Å². The second-order valence-corrected chi connectivity index (χ2v) is 4.61. The zero-order chi connectivity index (χ0) is 15.1. The SMILES string of the molecule is COc1cccc(CC(=O)NCc2ccc(C#N)cc2)c1. The number of carbonyl (C=O) groups excluding carboxylic acids is 1. The van der Waals surface area contributed by atoms with Gasteiger partial charge in [0.25, 0.3) is 0 Å². The van der Waals surface area contributed by atoms with E-state index >= 15 is 0 Å². The molecule has 0 radical (unpaired) electrons. The summed E-state index contributed by atoms with van der Waals surface area (Å²) >= 11 is 0. The van der Waals surface area contributed by atoms with Crippen LogP contribution in [0.5, 0.6) is 5.75 Å². The summed E-state index contributed by atoms with van der Waals surface area (Å²) in [6.07, 6.45) is 0.313. The van der Waals surface area contributed by atoms with Crippen molar-refractivity contribution in [3.63, 3.8) is 0 Å². The molecule has 0 saturated heterocycles. The van der Waals surface area contributed by atoms with Gasteiger partial charge in [0.2, 0.25) is 5.91 Å². The molecule has 0 atom stereocenters. The highest BCUT2D eigenvalue weighted by Crippen LogP contribution is 2.13. The van der Waals surface area contributed by atoms with Crippen LogP contribution in [0.1, 0.15) is 16.7 Å². The Morgan fingerprint density at radius 1 is 1.19 bits per heavy atom. The van der Waals surface area contributed by atoms with Crippen molar-refractivity contribution < 1.29 is 9.53 Å². The number of rotatable bonds is 5. The number of nitrogens with zero attached hydrogens (tertiary/aromatic N) is 1. The van der Waals surface area contributed by atoms with E-state index in [-0.39, 0.29) is 5.91 Å². The van der Waals surface area contributed by atoms with E-state index in [1.165, 1.54) is 0 Å². The Kier molecular flexibility index (Phi) is 4.94. The maximum absolute atomic E-state index is 11.9. The lowest BCUT2D eigenvalue weighted by molar-refractivity contribution is -0.120. The Morgan fingerprint density at radius 3 is 2.62 bits per heavy atom. The Bertz CT molecular complexity index is 657. The van der Waals surface area contributed by atoms with E-state index in [0.29, 0.717) is 18.5 Å². The molecule has 0 fully saturated rings. The Balaban J connectivity index is 1.88. The van der Waals surface area contributed by atoms with Crippen molar-refractivity contribution in [3.8, 4) is 11.8 Å². The van der Waals surface area contributed by atoms with Gasteiger partial charge in [-0.1, -0.05) is 24.3 Å². The second-order valence-electron chi connectivity index (χ2n) is 4.61. The number of hydrogen-bond acceptors (Lipinski definition) is 3. The fourth-order valence-electron chi connectivity index (χ4n) is 1.93. The molecule has 2 aromatic rings. The lowest BCUT2D eigenvalue weighted by Gasteiger charge is -2.07. The highest BCUT2D eigenvalue weighted by atomic mass is 16.5. The highest BCUT2D eigenvalue weighted by Gasteiger charge is 2.04. The Morgan fingerprint density at radius 2 is 1.95 bits per heavy atom. The molecule has 0 spiro atoms. The Labute approximate surface area is 124 Å². The molecule has 106 valence electrons. The summed E-state index contributed by atoms with van der Waals surface area (Å²) in [5.74, 6) is 0.694. The average Bonchev–Trinajstić information content (AvgIpc) is 2.53. The fourth-order valence-corrected chi connectivity index (χ4v) is 1.93. The van der Waals surface area contributed by atoms with Crippen LogP contribution < -0.4 is 10.1 Å². The number of ether oxygens (including phenoxy) is 1. The van der Waals surface area contributed by atoms with Crippen LogP contribution >= 0.6 is 0 Å². The fraction of sp³-hybridized carbons (Fsp3) is 0.176. The maximum atomic E-state index is 11.9. The van der Waals surface area contributed by atoms with Gasteiger partial charge in [-0.2, -0.15) is 5.26 Å². The molecule has 1 N–H and O–H groups in total. The lowest BCUT2D eigenvalue weighted by atomic mass is 10.1. The van der Waals surface area contributed by atoms with E-state index < -0.39 is 0 Å². The first-order chi connectivity index (χ1) is 10.2. The zero-order valence-electron chi connectivity index (χ0n) is 11.8. The quantitative estimate of drug-likeness (QED) is 0.915. The molecule has 1 amide bonds. The van der Waals surface area contributed by atoms with E-state index in [2.05, 4.69) is 11.4 Å². The summed E-state index contributed by atoms with van der Waals surface area (Å²) in [5, 5.41) is 11.6. The molecule has 4 nitrogen and oxygen atoms in total. The number of amides is 1. The largest absolute Gasteiger partial charge is 0.497 e. The van der Waals surface area contributed by atoms with Crippen molar-refractivity contribution in [3.05, 3.63) is 65.2 Å². The minimum absolute atomic E-state index is 0.0485. The molecule has 21 heavy (non-hydrogen) atoms.